The molecule has 4 rings (SSSR count). The minimum absolute atomic E-state index is 0.123. The number of hydrogen-bond donors (Lipinski definition) is 1. The van der Waals surface area contributed by atoms with Gasteiger partial charge >= 0.3 is 0 Å². The van der Waals surface area contributed by atoms with Crippen molar-refractivity contribution < 1.29 is 9.18 Å². The van der Waals surface area contributed by atoms with Gasteiger partial charge in [-0.15, -0.1) is 5.10 Å². The van der Waals surface area contributed by atoms with Crippen LogP contribution in [0, 0.1) is 5.82 Å². The van der Waals surface area contributed by atoms with Gasteiger partial charge in [0.25, 0.3) is 0 Å². The van der Waals surface area contributed by atoms with Crippen molar-refractivity contribution in [1.29, 1.82) is 0 Å². The highest BCUT2D eigenvalue weighted by molar-refractivity contribution is 7.99. The van der Waals surface area contributed by atoms with E-state index in [0.29, 0.717) is 20.5 Å². The number of para-hydroxylation sites is 1. The summed E-state index contributed by atoms with van der Waals surface area (Å²) in [4.78, 5) is 16.5. The summed E-state index contributed by atoms with van der Waals surface area (Å²) < 4.78 is 15.5. The van der Waals surface area contributed by atoms with Gasteiger partial charge in [-0.25, -0.2) is 9.37 Å². The molecule has 0 spiro atoms. The molecule has 26 heavy (non-hydrogen) atoms. The van der Waals surface area contributed by atoms with E-state index in [2.05, 4.69) is 25.8 Å². The maximum atomic E-state index is 13.2. The quantitative estimate of drug-likeness (QED) is 0.531. The average molecular weight is 386 g/mol. The van der Waals surface area contributed by atoms with Gasteiger partial charge in [-0.1, -0.05) is 41.3 Å². The number of hydrogen-bond acceptors (Lipinski definition) is 7. The molecule has 7 nitrogen and oxygen atoms in total. The number of benzene rings is 2. The van der Waals surface area contributed by atoms with Crippen LogP contribution < -0.4 is 5.32 Å². The van der Waals surface area contributed by atoms with Crippen molar-refractivity contribution in [3.8, 4) is 5.69 Å². The van der Waals surface area contributed by atoms with Crippen molar-refractivity contribution in [2.24, 2.45) is 0 Å². The smallest absolute Gasteiger partial charge is 0.236 e. The van der Waals surface area contributed by atoms with Crippen molar-refractivity contribution in [3.05, 3.63) is 54.3 Å². The van der Waals surface area contributed by atoms with Crippen LogP contribution in [0.4, 0.5) is 9.52 Å². The fourth-order valence-electron chi connectivity index (χ4n) is 2.24. The van der Waals surface area contributed by atoms with Crippen LogP contribution >= 0.6 is 23.1 Å². The van der Waals surface area contributed by atoms with Crippen LogP contribution in [0.25, 0.3) is 15.9 Å². The molecule has 0 saturated carbocycles. The summed E-state index contributed by atoms with van der Waals surface area (Å²) in [7, 11) is 0. The van der Waals surface area contributed by atoms with Gasteiger partial charge in [0, 0.05) is 0 Å². The Hall–Kier alpha value is -2.85. The number of fused-ring (bicyclic) bond motifs is 1. The third-order valence-electron chi connectivity index (χ3n) is 3.37. The maximum absolute atomic E-state index is 13.2. The largest absolute Gasteiger partial charge is 0.301 e. The minimum Gasteiger partial charge on any atom is -0.301 e. The number of nitrogens with one attached hydrogen (secondary N) is 1. The molecular weight excluding hydrogens is 375 g/mol. The molecule has 0 bridgehead atoms. The number of thiazole rings is 1. The molecule has 0 atom stereocenters. The third kappa shape index (κ3) is 3.55. The van der Waals surface area contributed by atoms with Crippen LogP contribution in [0.3, 0.4) is 0 Å². The van der Waals surface area contributed by atoms with Crippen LogP contribution in [-0.4, -0.2) is 36.9 Å². The fraction of sp³-hybridized carbons (Fsp3) is 0.0625. The first-order chi connectivity index (χ1) is 12.7. The van der Waals surface area contributed by atoms with Crippen molar-refractivity contribution in [3.63, 3.8) is 0 Å². The molecule has 2 heterocycles. The predicted molar refractivity (Wildman–Crippen MR) is 98.1 cm³/mol. The lowest BCUT2D eigenvalue weighted by Gasteiger charge is -2.03. The van der Waals surface area contributed by atoms with Gasteiger partial charge in [0.2, 0.25) is 11.1 Å². The van der Waals surface area contributed by atoms with Crippen LogP contribution in [0.15, 0.2) is 53.7 Å². The van der Waals surface area contributed by atoms with Gasteiger partial charge < -0.3 is 5.32 Å². The Bertz CT molecular complexity index is 1060. The molecule has 0 fully saturated rings. The van der Waals surface area contributed by atoms with Crippen molar-refractivity contribution in [1.82, 2.24) is 25.2 Å². The maximum Gasteiger partial charge on any atom is 0.236 e. The Morgan fingerprint density at radius 3 is 2.92 bits per heavy atom. The molecule has 2 aromatic carbocycles. The zero-order chi connectivity index (χ0) is 17.9. The second-order valence-electron chi connectivity index (χ2n) is 5.18. The second-order valence-corrected chi connectivity index (χ2v) is 7.15. The Morgan fingerprint density at radius 1 is 1.23 bits per heavy atom. The molecule has 0 radical (unpaired) electrons. The van der Waals surface area contributed by atoms with Crippen molar-refractivity contribution >= 4 is 44.4 Å². The number of thioether (sulfide) groups is 1. The molecule has 130 valence electrons. The average Bonchev–Trinajstić information content (AvgIpc) is 3.26. The van der Waals surface area contributed by atoms with Gasteiger partial charge in [-0.3, -0.25) is 4.79 Å². The van der Waals surface area contributed by atoms with Gasteiger partial charge in [0.15, 0.2) is 5.13 Å². The lowest BCUT2D eigenvalue weighted by atomic mass is 10.3. The van der Waals surface area contributed by atoms with E-state index in [0.717, 1.165) is 5.69 Å². The first kappa shape index (κ1) is 16.6. The van der Waals surface area contributed by atoms with E-state index in [1.807, 2.05) is 30.3 Å². The highest BCUT2D eigenvalue weighted by atomic mass is 32.2. The Balaban J connectivity index is 1.42. The highest BCUT2D eigenvalue weighted by Gasteiger charge is 2.13. The molecular formula is C16H11FN6OS2. The van der Waals surface area contributed by atoms with E-state index in [1.54, 1.807) is 10.7 Å². The first-order valence-electron chi connectivity index (χ1n) is 7.51. The van der Waals surface area contributed by atoms with E-state index in [9.17, 15) is 9.18 Å². The number of tetrazole rings is 1. The number of aromatic nitrogens is 5. The van der Waals surface area contributed by atoms with E-state index in [4.69, 9.17) is 0 Å². The lowest BCUT2D eigenvalue weighted by molar-refractivity contribution is -0.113. The Labute approximate surface area is 155 Å². The summed E-state index contributed by atoms with van der Waals surface area (Å²) in [6.07, 6.45) is 0. The predicted octanol–water partition coefficient (Wildman–Crippen LogP) is 3.14. The monoisotopic (exact) mass is 386 g/mol. The molecule has 0 aliphatic heterocycles. The Kier molecular flexibility index (Phi) is 4.59. The third-order valence-corrected chi connectivity index (χ3v) is 5.22. The molecule has 1 N–H and O–H groups in total. The van der Waals surface area contributed by atoms with Crippen molar-refractivity contribution in [2.45, 2.75) is 5.16 Å². The van der Waals surface area contributed by atoms with Crippen LogP contribution in [-0.2, 0) is 4.79 Å². The molecule has 1 amide bonds. The topological polar surface area (TPSA) is 85.6 Å². The van der Waals surface area contributed by atoms with Crippen LogP contribution in [0.2, 0.25) is 0 Å². The summed E-state index contributed by atoms with van der Waals surface area (Å²) in [5.41, 5.74) is 1.46. The summed E-state index contributed by atoms with van der Waals surface area (Å²) >= 11 is 2.44. The first-order valence-corrected chi connectivity index (χ1v) is 9.32. The molecule has 0 saturated heterocycles. The number of nitrogens with zero attached hydrogens (tertiary/aromatic N) is 5. The normalized spacial score (nSPS) is 11.0. The van der Waals surface area contributed by atoms with E-state index in [1.165, 1.54) is 35.2 Å². The van der Waals surface area contributed by atoms with Crippen LogP contribution in [0.1, 0.15) is 0 Å². The summed E-state index contributed by atoms with van der Waals surface area (Å²) in [6, 6.07) is 13.7. The number of amides is 1. The number of carbonyl (C=O) groups is 1. The van der Waals surface area contributed by atoms with Gasteiger partial charge in [-0.2, -0.15) is 4.68 Å². The molecule has 10 heteroatoms. The Morgan fingerprint density at radius 2 is 2.08 bits per heavy atom. The molecule has 2 aromatic heterocycles. The summed E-state index contributed by atoms with van der Waals surface area (Å²) in [6.45, 7) is 0. The fourth-order valence-corrected chi connectivity index (χ4v) is 3.84. The highest BCUT2D eigenvalue weighted by Crippen LogP contribution is 2.27. The number of anilines is 1. The number of halogens is 1. The van der Waals surface area contributed by atoms with E-state index in [-0.39, 0.29) is 17.5 Å². The number of rotatable bonds is 5. The van der Waals surface area contributed by atoms with E-state index < -0.39 is 0 Å². The zero-order valence-corrected chi connectivity index (χ0v) is 14.8. The van der Waals surface area contributed by atoms with Crippen molar-refractivity contribution in [2.75, 3.05) is 11.1 Å². The van der Waals surface area contributed by atoms with E-state index >= 15 is 0 Å². The van der Waals surface area contributed by atoms with Gasteiger partial charge in [0.05, 0.1) is 21.7 Å². The molecule has 0 aliphatic rings. The van der Waals surface area contributed by atoms with Gasteiger partial charge in [-0.05, 0) is 40.8 Å². The molecule has 0 unspecified atom stereocenters. The zero-order valence-electron chi connectivity index (χ0n) is 13.2. The standard InChI is InChI=1S/C16H11FN6OS2/c17-10-6-7-12-13(8-10)26-15(18-12)19-14(24)9-25-16-20-21-22-23(16)11-4-2-1-3-5-11/h1-8H,9H2,(H,18,19,24). The molecule has 0 aliphatic carbocycles. The SMILES string of the molecule is O=C(CSc1nnnn1-c1ccccc1)Nc1nc2ccc(F)cc2s1. The van der Waals surface area contributed by atoms with Crippen LogP contribution in [0.5, 0.6) is 0 Å². The second kappa shape index (κ2) is 7.18. The lowest BCUT2D eigenvalue weighted by Crippen LogP contribution is -2.14. The summed E-state index contributed by atoms with van der Waals surface area (Å²) in [5.74, 6) is -0.447. The summed E-state index contributed by atoms with van der Waals surface area (Å²) in [5, 5.41) is 15.2. The molecule has 4 aromatic rings. The minimum atomic E-state index is -0.331. The number of carbonyl (C=O) groups excluding carboxylic acids is 1. The van der Waals surface area contributed by atoms with Gasteiger partial charge in [0.1, 0.15) is 5.82 Å².